The molecule has 5 aromatic rings. The molecule has 0 unspecified atom stereocenters. The predicted octanol–water partition coefficient (Wildman–Crippen LogP) is 7.77. The summed E-state index contributed by atoms with van der Waals surface area (Å²) in [6, 6.07) is 8.40. The van der Waals surface area contributed by atoms with Gasteiger partial charge in [-0.25, -0.2) is 33.6 Å². The Morgan fingerprint density at radius 3 is 2.18 bits per heavy atom. The van der Waals surface area contributed by atoms with Gasteiger partial charge in [-0.15, -0.1) is 0 Å². The molecule has 0 aliphatic carbocycles. The highest BCUT2D eigenvalue weighted by atomic mass is 28.4. The number of aromatic hydroxyl groups is 2. The van der Waals surface area contributed by atoms with Crippen LogP contribution in [-0.4, -0.2) is 123 Å². The van der Waals surface area contributed by atoms with Crippen LogP contribution in [0.4, 0.5) is 24.9 Å². The molecule has 0 saturated carbocycles. The topological polar surface area (TPSA) is 215 Å². The first-order chi connectivity index (χ1) is 33.0. The Labute approximate surface area is 412 Å². The number of benzene rings is 2. The van der Waals surface area contributed by atoms with Gasteiger partial charge in [0.05, 0.1) is 23.4 Å². The van der Waals surface area contributed by atoms with Crippen LogP contribution in [0.5, 0.6) is 11.5 Å². The van der Waals surface area contributed by atoms with E-state index in [0.717, 1.165) is 10.8 Å². The fourth-order valence-corrected chi connectivity index (χ4v) is 10.1. The van der Waals surface area contributed by atoms with E-state index >= 15 is 13.2 Å². The Hall–Kier alpha value is -5.73. The van der Waals surface area contributed by atoms with Crippen molar-refractivity contribution in [2.24, 2.45) is 0 Å². The summed E-state index contributed by atoms with van der Waals surface area (Å²) >= 11 is 0. The zero-order valence-electron chi connectivity index (χ0n) is 42.3. The molecule has 2 fully saturated rings. The lowest BCUT2D eigenvalue weighted by Crippen LogP contribution is -2.53. The average molecular weight is 1020 g/mol. The summed E-state index contributed by atoms with van der Waals surface area (Å²) in [6.07, 6.45) is -1.16. The molecule has 0 radical (unpaired) electrons. The molecule has 18 nitrogen and oxygen atoms in total. The van der Waals surface area contributed by atoms with Gasteiger partial charge in [-0.3, -0.25) is 14.3 Å². The van der Waals surface area contributed by atoms with E-state index in [2.05, 4.69) is 35.4 Å². The van der Waals surface area contributed by atoms with Crippen LogP contribution in [0.15, 0.2) is 64.6 Å². The third-order valence-corrected chi connectivity index (χ3v) is 23.2. The maximum Gasteiger partial charge on any atom is 0.351 e. The molecule has 3 aromatic heterocycles. The monoisotopic (exact) mass is 1020 g/mol. The number of alkyl halides is 2. The van der Waals surface area contributed by atoms with Crippen molar-refractivity contribution in [1.82, 2.24) is 39.2 Å². The summed E-state index contributed by atoms with van der Waals surface area (Å²) in [5.74, 6) is -5.11. The number of amides is 1. The van der Waals surface area contributed by atoms with E-state index in [-0.39, 0.29) is 64.1 Å². The molecule has 5 heterocycles. The van der Waals surface area contributed by atoms with Gasteiger partial charge >= 0.3 is 17.3 Å². The Morgan fingerprint density at radius 2 is 1.59 bits per heavy atom. The van der Waals surface area contributed by atoms with E-state index in [9.17, 15) is 24.6 Å². The van der Waals surface area contributed by atoms with Crippen molar-refractivity contribution >= 4 is 34.3 Å². The lowest BCUT2D eigenvalue weighted by molar-refractivity contribution is -0.138. The van der Waals surface area contributed by atoms with Crippen molar-refractivity contribution in [2.45, 2.75) is 128 Å². The lowest BCUT2D eigenvalue weighted by atomic mass is 9.98. The van der Waals surface area contributed by atoms with Gasteiger partial charge in [-0.2, -0.15) is 18.9 Å². The second-order valence-corrected chi connectivity index (χ2v) is 31.2. The molecule has 0 spiro atoms. The highest BCUT2D eigenvalue weighted by Gasteiger charge is 2.63. The number of halogens is 3. The van der Waals surface area contributed by atoms with Crippen molar-refractivity contribution in [1.29, 1.82) is 0 Å². The number of carbonyl (C=O) groups is 1. The molecule has 2 aliphatic rings. The van der Waals surface area contributed by atoms with Gasteiger partial charge in [0, 0.05) is 62.9 Å². The predicted molar refractivity (Wildman–Crippen MR) is 267 cm³/mol. The van der Waals surface area contributed by atoms with Gasteiger partial charge in [0.2, 0.25) is 12.2 Å². The minimum Gasteiger partial charge on any atom is -0.508 e. The maximum absolute atomic E-state index is 16.6. The zero-order chi connectivity index (χ0) is 52.2. The van der Waals surface area contributed by atoms with Crippen LogP contribution in [0.3, 0.4) is 0 Å². The summed E-state index contributed by atoms with van der Waals surface area (Å²) in [5.41, 5.74) is -0.315. The first kappa shape index (κ1) is 53.1. The molecular weight excluding hydrogens is 958 g/mol. The zero-order valence-corrected chi connectivity index (χ0v) is 44.3. The summed E-state index contributed by atoms with van der Waals surface area (Å²) in [4.78, 5) is 56.2. The molecule has 2 saturated heterocycles. The van der Waals surface area contributed by atoms with E-state index in [1.807, 2.05) is 86.5 Å². The molecule has 2 aromatic carbocycles. The van der Waals surface area contributed by atoms with Crippen molar-refractivity contribution in [2.75, 3.05) is 43.0 Å². The number of phenols is 2. The third kappa shape index (κ3) is 11.0. The minimum atomic E-state index is -3.65. The number of H-pyrrole nitrogens is 1. The highest BCUT2D eigenvalue weighted by molar-refractivity contribution is 6.74. The van der Waals surface area contributed by atoms with Crippen molar-refractivity contribution in [3.8, 4) is 28.6 Å². The van der Waals surface area contributed by atoms with Gasteiger partial charge in [-0.05, 0) is 72.0 Å². The standard InChI is InChI=1S/C48H65F3N10O8Si2/c1-28(2)32-22-33(36(63)23-35(32)62)40-56-57-45(66)61(40)31-14-13-29(34(49)21-31)26-58-17-19-59(20-18-58)43-52-24-30(25-53-43)41(64)54-38-15-16-60(44(65)55-38)42-48(50,51)39(69-71(11,12)47(6,7)8)37(68-42)27-67-70(9,10)46(3,4)5/h13-16,21-25,28,37,39,42,62-63H,17-20,26-27H2,1-12H3,(H,57,66)(H,54,55,64,65)/t37-,39-,42-/m1/s1. The summed E-state index contributed by atoms with van der Waals surface area (Å²) < 4.78 is 69.3. The van der Waals surface area contributed by atoms with E-state index < -0.39 is 69.1 Å². The number of piperazine rings is 1. The molecule has 1 amide bonds. The Balaban J connectivity index is 0.965. The average Bonchev–Trinajstić information content (AvgIpc) is 3.77. The van der Waals surface area contributed by atoms with Crippen LogP contribution in [0.25, 0.3) is 17.1 Å². The number of phenolic OH excluding ortho intramolecular Hbond substituents is 2. The van der Waals surface area contributed by atoms with E-state index in [1.165, 1.54) is 30.6 Å². The number of nitrogens with one attached hydrogen (secondary N) is 2. The van der Waals surface area contributed by atoms with Gasteiger partial charge < -0.3 is 34.0 Å². The second-order valence-electron chi connectivity index (χ2n) is 21.6. The minimum absolute atomic E-state index is 0.0544. The largest absolute Gasteiger partial charge is 0.508 e. The van der Waals surface area contributed by atoms with Crippen LogP contribution < -0.4 is 21.6 Å². The molecule has 23 heteroatoms. The van der Waals surface area contributed by atoms with Gasteiger partial charge in [-0.1, -0.05) is 61.5 Å². The first-order valence-electron chi connectivity index (χ1n) is 23.6. The SMILES string of the molecule is CC(C)c1cc(-c2n[nH]c(=O)n2-c2ccc(CN3CCN(c4ncc(C(=O)Nc5ccn([C@@H]6O[C@H](CO[Si](C)(C)C(C)(C)C)[C@@H](O[Si](C)(C)C(C)(C)C)C6(F)F)c(=O)n5)cn4)CC3)c(F)c2)c(O)cc1O. The highest BCUT2D eigenvalue weighted by Crippen LogP contribution is 2.49. The van der Waals surface area contributed by atoms with Crippen molar-refractivity contribution in [3.05, 3.63) is 98.5 Å². The second kappa shape index (κ2) is 19.7. The number of hydrogen-bond acceptors (Lipinski definition) is 14. The molecule has 3 atom stereocenters. The molecule has 384 valence electrons. The van der Waals surface area contributed by atoms with Crippen LogP contribution in [0, 0.1) is 5.82 Å². The number of carbonyl (C=O) groups excluding carboxylic acids is 1. The number of ether oxygens (including phenoxy) is 1. The number of anilines is 2. The third-order valence-electron chi connectivity index (χ3n) is 14.2. The summed E-state index contributed by atoms with van der Waals surface area (Å²) in [5, 5.41) is 29.4. The number of nitrogens with zero attached hydrogens (tertiary/aromatic N) is 8. The van der Waals surface area contributed by atoms with Crippen LogP contribution in [0.1, 0.15) is 89.0 Å². The number of hydrogen-bond donors (Lipinski definition) is 4. The lowest BCUT2D eigenvalue weighted by Gasteiger charge is -2.41. The van der Waals surface area contributed by atoms with Gasteiger partial charge in [0.1, 0.15) is 35.3 Å². The fourth-order valence-electron chi connectivity index (χ4n) is 7.80. The van der Waals surface area contributed by atoms with E-state index in [4.69, 9.17) is 13.6 Å². The molecule has 71 heavy (non-hydrogen) atoms. The molecule has 2 aliphatic heterocycles. The number of aromatic amines is 1. The van der Waals surface area contributed by atoms with E-state index in [1.54, 1.807) is 18.2 Å². The Kier molecular flexibility index (Phi) is 14.7. The Morgan fingerprint density at radius 1 is 0.944 bits per heavy atom. The number of rotatable bonds is 14. The normalized spacial score (nSPS) is 19.2. The maximum atomic E-state index is 16.6. The molecule has 4 N–H and O–H groups in total. The van der Waals surface area contributed by atoms with E-state index in [0.29, 0.717) is 47.8 Å². The molecule has 7 rings (SSSR count). The van der Waals surface area contributed by atoms with Crippen molar-refractivity contribution < 1.29 is 41.8 Å². The van der Waals surface area contributed by atoms with Crippen LogP contribution in [0.2, 0.25) is 36.3 Å². The van der Waals surface area contributed by atoms with Gasteiger partial charge in [0.25, 0.3) is 5.91 Å². The Bertz CT molecular complexity index is 2870. The first-order valence-corrected chi connectivity index (χ1v) is 29.4. The van der Waals surface area contributed by atoms with Gasteiger partial charge in [0.15, 0.2) is 22.5 Å². The molecular formula is C48H65F3N10O8Si2. The molecule has 0 bridgehead atoms. The quantitative estimate of drug-likeness (QED) is 0.0783. The van der Waals surface area contributed by atoms with Crippen molar-refractivity contribution in [3.63, 3.8) is 0 Å². The summed E-state index contributed by atoms with van der Waals surface area (Å²) in [7, 11) is -5.16. The smallest absolute Gasteiger partial charge is 0.351 e. The fraction of sp³-hybridized carbons (Fsp3) is 0.521. The van der Waals surface area contributed by atoms with Crippen LogP contribution in [-0.2, 0) is 20.1 Å². The summed E-state index contributed by atoms with van der Waals surface area (Å²) in [6.45, 7) is 25.7. The van der Waals surface area contributed by atoms with Crippen LogP contribution >= 0.6 is 0 Å². The number of aromatic nitrogens is 7.